The molecule has 7 nitrogen and oxygen atoms in total. The van der Waals surface area contributed by atoms with E-state index in [1.54, 1.807) is 40.7 Å². The van der Waals surface area contributed by atoms with E-state index >= 15 is 0 Å². The van der Waals surface area contributed by atoms with E-state index < -0.39 is 35.1 Å². The summed E-state index contributed by atoms with van der Waals surface area (Å²) >= 11 is 0. The number of carbonyl (C=O) groups excluding carboxylic acids is 2. The Kier molecular flexibility index (Phi) is 7.23. The van der Waals surface area contributed by atoms with Crippen molar-refractivity contribution in [1.82, 2.24) is 5.32 Å². The molecule has 0 radical (unpaired) electrons. The Morgan fingerprint density at radius 3 is 2.18 bits per heavy atom. The fourth-order valence-corrected chi connectivity index (χ4v) is 3.08. The van der Waals surface area contributed by atoms with Crippen molar-refractivity contribution in [1.29, 1.82) is 0 Å². The van der Waals surface area contributed by atoms with Crippen LogP contribution in [0.5, 0.6) is 5.75 Å². The Bertz CT molecular complexity index is 761. The molecule has 0 saturated carbocycles. The van der Waals surface area contributed by atoms with Crippen LogP contribution < -0.4 is 10.1 Å². The normalized spacial score (nSPS) is 12.9. The average molecular weight is 393 g/mol. The topological polar surface area (TPSA) is 102 Å². The van der Waals surface area contributed by atoms with Gasteiger partial charge in [0.1, 0.15) is 17.4 Å². The number of rotatable bonds is 6. The molecule has 156 valence electrons. The van der Waals surface area contributed by atoms with Crippen LogP contribution in [-0.4, -0.2) is 34.8 Å². The molecule has 1 aromatic carbocycles. The summed E-state index contributed by atoms with van der Waals surface area (Å²) in [5.41, 5.74) is 0.930. The van der Waals surface area contributed by atoms with Crippen molar-refractivity contribution < 1.29 is 29.0 Å². The second-order valence-corrected chi connectivity index (χ2v) is 8.70. The minimum atomic E-state index is -0.942. The molecule has 0 aliphatic carbocycles. The lowest BCUT2D eigenvalue weighted by Gasteiger charge is -2.28. The molecule has 0 aliphatic rings. The zero-order chi connectivity index (χ0) is 21.9. The highest BCUT2D eigenvalue weighted by atomic mass is 16.6. The Morgan fingerprint density at radius 1 is 1.11 bits per heavy atom. The minimum Gasteiger partial charge on any atom is -0.481 e. The molecular formula is C21H31NO6. The van der Waals surface area contributed by atoms with Gasteiger partial charge in [0.2, 0.25) is 0 Å². The molecule has 2 N–H and O–H groups in total. The molecule has 0 saturated heterocycles. The van der Waals surface area contributed by atoms with Crippen LogP contribution in [-0.2, 0) is 19.7 Å². The third-order valence-electron chi connectivity index (χ3n) is 4.01. The number of carbonyl (C=O) groups is 3. The second-order valence-electron chi connectivity index (χ2n) is 8.70. The number of aliphatic carboxylic acids is 1. The maximum Gasteiger partial charge on any atom is 0.408 e. The third-order valence-corrected chi connectivity index (χ3v) is 4.01. The second kappa shape index (κ2) is 8.63. The van der Waals surface area contributed by atoms with E-state index in [1.807, 2.05) is 19.9 Å². The van der Waals surface area contributed by atoms with E-state index in [0.717, 1.165) is 11.1 Å². The van der Waals surface area contributed by atoms with Gasteiger partial charge in [-0.1, -0.05) is 19.9 Å². The van der Waals surface area contributed by atoms with E-state index in [2.05, 4.69) is 5.32 Å². The molecule has 0 fully saturated rings. The summed E-state index contributed by atoms with van der Waals surface area (Å²) in [4.78, 5) is 35.7. The van der Waals surface area contributed by atoms with Crippen LogP contribution in [0, 0.1) is 13.8 Å². The number of hydrogen-bond acceptors (Lipinski definition) is 5. The standard InChI is InChI=1S/C21H31NO6/c1-12-9-13(2)17(21(7,8)11-16(23)24)15(10-12)27-18(25)14(3)22-19(26)28-20(4,5)6/h9-10,14H,11H2,1-8H3,(H,22,26)(H,23,24). The molecule has 0 bridgehead atoms. The first-order valence-corrected chi connectivity index (χ1v) is 9.17. The van der Waals surface area contributed by atoms with Crippen LogP contribution in [0.3, 0.4) is 0 Å². The van der Waals surface area contributed by atoms with E-state index in [0.29, 0.717) is 11.3 Å². The lowest BCUT2D eigenvalue weighted by molar-refractivity contribution is -0.138. The number of aryl methyl sites for hydroxylation is 2. The first-order valence-electron chi connectivity index (χ1n) is 9.17. The van der Waals surface area contributed by atoms with Crippen molar-refractivity contribution in [3.63, 3.8) is 0 Å². The van der Waals surface area contributed by atoms with E-state index in [1.165, 1.54) is 6.92 Å². The van der Waals surface area contributed by atoms with Crippen LogP contribution in [0.15, 0.2) is 12.1 Å². The molecule has 1 amide bonds. The van der Waals surface area contributed by atoms with Crippen LogP contribution in [0.2, 0.25) is 0 Å². The van der Waals surface area contributed by atoms with Crippen molar-refractivity contribution in [2.24, 2.45) is 0 Å². The van der Waals surface area contributed by atoms with Gasteiger partial charge >= 0.3 is 18.0 Å². The minimum absolute atomic E-state index is 0.118. The fourth-order valence-electron chi connectivity index (χ4n) is 3.08. The summed E-state index contributed by atoms with van der Waals surface area (Å²) < 4.78 is 10.7. The highest BCUT2D eigenvalue weighted by molar-refractivity contribution is 5.83. The number of carboxylic acid groups (broad SMARTS) is 1. The molecule has 0 heterocycles. The number of nitrogens with one attached hydrogen (secondary N) is 1. The molecule has 28 heavy (non-hydrogen) atoms. The van der Waals surface area contributed by atoms with Gasteiger partial charge in [0.15, 0.2) is 0 Å². The zero-order valence-electron chi connectivity index (χ0n) is 17.9. The molecule has 1 atom stereocenters. The Hall–Kier alpha value is -2.57. The zero-order valence-corrected chi connectivity index (χ0v) is 17.9. The van der Waals surface area contributed by atoms with Crippen molar-refractivity contribution >= 4 is 18.0 Å². The third kappa shape index (κ3) is 6.87. The van der Waals surface area contributed by atoms with E-state index in [-0.39, 0.29) is 6.42 Å². The number of alkyl carbamates (subject to hydrolysis) is 1. The molecule has 0 spiro atoms. The highest BCUT2D eigenvalue weighted by Gasteiger charge is 2.31. The Morgan fingerprint density at radius 2 is 1.68 bits per heavy atom. The first-order chi connectivity index (χ1) is 12.6. The van der Waals surface area contributed by atoms with Gasteiger partial charge in [-0.2, -0.15) is 0 Å². The summed E-state index contributed by atoms with van der Waals surface area (Å²) in [6.45, 7) is 14.0. The summed E-state index contributed by atoms with van der Waals surface area (Å²) in [6, 6.07) is 2.67. The number of ether oxygens (including phenoxy) is 2. The predicted octanol–water partition coefficient (Wildman–Crippen LogP) is 3.87. The van der Waals surface area contributed by atoms with Crippen molar-refractivity contribution in [2.45, 2.75) is 78.9 Å². The molecule has 1 aromatic rings. The summed E-state index contributed by atoms with van der Waals surface area (Å²) in [5.74, 6) is -1.31. The van der Waals surface area contributed by atoms with Crippen molar-refractivity contribution in [3.8, 4) is 5.75 Å². The van der Waals surface area contributed by atoms with Gasteiger partial charge in [0.25, 0.3) is 0 Å². The number of carboxylic acids is 1. The molecular weight excluding hydrogens is 362 g/mol. The van der Waals surface area contributed by atoms with Crippen LogP contribution in [0.4, 0.5) is 4.79 Å². The van der Waals surface area contributed by atoms with Crippen LogP contribution in [0.25, 0.3) is 0 Å². The van der Waals surface area contributed by atoms with Gasteiger partial charge in [-0.05, 0) is 58.7 Å². The lowest BCUT2D eigenvalue weighted by atomic mass is 9.78. The van der Waals surface area contributed by atoms with Gasteiger partial charge < -0.3 is 19.9 Å². The maximum absolute atomic E-state index is 12.5. The number of benzene rings is 1. The van der Waals surface area contributed by atoms with Crippen molar-refractivity contribution in [2.75, 3.05) is 0 Å². The van der Waals surface area contributed by atoms with Crippen LogP contribution in [0.1, 0.15) is 64.7 Å². The van der Waals surface area contributed by atoms with Crippen molar-refractivity contribution in [3.05, 3.63) is 28.8 Å². The average Bonchev–Trinajstić information content (AvgIpc) is 2.41. The summed E-state index contributed by atoms with van der Waals surface area (Å²) in [6.07, 6.45) is -0.837. The molecule has 0 aliphatic heterocycles. The van der Waals surface area contributed by atoms with E-state index in [9.17, 15) is 19.5 Å². The molecule has 0 aromatic heterocycles. The SMILES string of the molecule is Cc1cc(C)c(C(C)(C)CC(=O)O)c(OC(=O)C(C)NC(=O)OC(C)(C)C)c1. The quantitative estimate of drug-likeness (QED) is 0.562. The van der Waals surface area contributed by atoms with Gasteiger partial charge in [0, 0.05) is 11.0 Å². The highest BCUT2D eigenvalue weighted by Crippen LogP contribution is 2.38. The molecule has 7 heteroatoms. The largest absolute Gasteiger partial charge is 0.481 e. The number of hydrogen-bond donors (Lipinski definition) is 2. The smallest absolute Gasteiger partial charge is 0.408 e. The van der Waals surface area contributed by atoms with Gasteiger partial charge in [0.05, 0.1) is 6.42 Å². The summed E-state index contributed by atoms with van der Waals surface area (Å²) in [5, 5.41) is 11.7. The summed E-state index contributed by atoms with van der Waals surface area (Å²) in [7, 11) is 0. The van der Waals surface area contributed by atoms with Gasteiger partial charge in [-0.3, -0.25) is 4.79 Å². The fraction of sp³-hybridized carbons (Fsp3) is 0.571. The maximum atomic E-state index is 12.5. The monoisotopic (exact) mass is 393 g/mol. The number of esters is 1. The van der Waals surface area contributed by atoms with Gasteiger partial charge in [-0.15, -0.1) is 0 Å². The first kappa shape index (κ1) is 23.5. The lowest BCUT2D eigenvalue weighted by Crippen LogP contribution is -2.43. The molecule has 1 rings (SSSR count). The predicted molar refractivity (Wildman–Crippen MR) is 106 cm³/mol. The Labute approximate surface area is 166 Å². The molecule has 1 unspecified atom stereocenters. The number of amides is 1. The van der Waals surface area contributed by atoms with Gasteiger partial charge in [-0.25, -0.2) is 9.59 Å². The van der Waals surface area contributed by atoms with Crippen LogP contribution >= 0.6 is 0 Å². The van der Waals surface area contributed by atoms with E-state index in [4.69, 9.17) is 9.47 Å². The Balaban J connectivity index is 3.09.